The van der Waals surface area contributed by atoms with Crippen molar-refractivity contribution in [2.24, 2.45) is 5.73 Å². The summed E-state index contributed by atoms with van der Waals surface area (Å²) < 4.78 is 5.88. The van der Waals surface area contributed by atoms with Gasteiger partial charge in [-0.05, 0) is 31.2 Å². The molecular weight excluding hydrogens is 250 g/mol. The second-order valence-electron chi connectivity index (χ2n) is 4.57. The lowest BCUT2D eigenvalue weighted by Gasteiger charge is -2.09. The van der Waals surface area contributed by atoms with E-state index in [-0.39, 0.29) is 0 Å². The average molecular weight is 265 g/mol. The topological polar surface area (TPSA) is 61.0 Å². The van der Waals surface area contributed by atoms with E-state index in [9.17, 15) is 0 Å². The van der Waals surface area contributed by atoms with Gasteiger partial charge in [-0.2, -0.15) is 0 Å². The van der Waals surface area contributed by atoms with Gasteiger partial charge >= 0.3 is 0 Å². The normalized spacial score (nSPS) is 10.7. The van der Waals surface area contributed by atoms with Crippen molar-refractivity contribution in [3.05, 3.63) is 60.0 Å². The first-order chi connectivity index (χ1) is 9.76. The molecule has 3 rings (SSSR count). The summed E-state index contributed by atoms with van der Waals surface area (Å²) in [5.41, 5.74) is 8.19. The van der Waals surface area contributed by atoms with Crippen molar-refractivity contribution < 1.29 is 4.74 Å². The Bertz CT molecular complexity index is 738. The third-order valence-corrected chi connectivity index (χ3v) is 3.06. The number of benzene rings is 1. The Hall–Kier alpha value is -2.46. The van der Waals surface area contributed by atoms with Crippen molar-refractivity contribution in [3.8, 4) is 11.5 Å². The van der Waals surface area contributed by atoms with E-state index in [1.165, 1.54) is 0 Å². The van der Waals surface area contributed by atoms with Gasteiger partial charge in [0.2, 0.25) is 0 Å². The summed E-state index contributed by atoms with van der Waals surface area (Å²) in [7, 11) is 0. The maximum Gasteiger partial charge on any atom is 0.153 e. The number of pyridine rings is 2. The van der Waals surface area contributed by atoms with Crippen LogP contribution >= 0.6 is 0 Å². The predicted molar refractivity (Wildman–Crippen MR) is 78.7 cm³/mol. The zero-order valence-corrected chi connectivity index (χ0v) is 11.2. The van der Waals surface area contributed by atoms with Gasteiger partial charge in [-0.1, -0.05) is 18.2 Å². The fourth-order valence-corrected chi connectivity index (χ4v) is 2.02. The zero-order valence-electron chi connectivity index (χ0n) is 11.2. The van der Waals surface area contributed by atoms with Crippen LogP contribution in [0.15, 0.2) is 48.7 Å². The van der Waals surface area contributed by atoms with Gasteiger partial charge in [0.05, 0.1) is 11.9 Å². The summed E-state index contributed by atoms with van der Waals surface area (Å²) in [5, 5.41) is 1.06. The highest BCUT2D eigenvalue weighted by Gasteiger charge is 2.05. The molecule has 0 atom stereocenters. The highest BCUT2D eigenvalue weighted by atomic mass is 16.5. The van der Waals surface area contributed by atoms with Crippen molar-refractivity contribution >= 4 is 10.9 Å². The maximum absolute atomic E-state index is 5.88. The molecule has 0 aliphatic carbocycles. The van der Waals surface area contributed by atoms with E-state index in [1.807, 2.05) is 49.4 Å². The van der Waals surface area contributed by atoms with Crippen LogP contribution in [0.3, 0.4) is 0 Å². The van der Waals surface area contributed by atoms with Crippen LogP contribution in [0, 0.1) is 6.92 Å². The Kier molecular flexibility index (Phi) is 3.31. The van der Waals surface area contributed by atoms with Crippen LogP contribution < -0.4 is 10.5 Å². The summed E-state index contributed by atoms with van der Waals surface area (Å²) in [6.07, 6.45) is 1.68. The fourth-order valence-electron chi connectivity index (χ4n) is 2.02. The van der Waals surface area contributed by atoms with E-state index < -0.39 is 0 Å². The number of fused-ring (bicyclic) bond motifs is 1. The number of hydrogen-bond donors (Lipinski definition) is 1. The molecule has 2 N–H and O–H groups in total. The average Bonchev–Trinajstić information content (AvgIpc) is 2.49. The van der Waals surface area contributed by atoms with Crippen molar-refractivity contribution in [2.75, 3.05) is 0 Å². The van der Waals surface area contributed by atoms with E-state index in [0.29, 0.717) is 12.3 Å². The lowest BCUT2D eigenvalue weighted by Crippen LogP contribution is -1.98. The number of hydrogen-bond acceptors (Lipinski definition) is 4. The molecule has 3 aromatic rings. The second-order valence-corrected chi connectivity index (χ2v) is 4.57. The molecule has 0 aliphatic rings. The Morgan fingerprint density at radius 1 is 1.10 bits per heavy atom. The van der Waals surface area contributed by atoms with Gasteiger partial charge in [-0.25, -0.2) is 4.98 Å². The number of aromatic nitrogens is 2. The van der Waals surface area contributed by atoms with Gasteiger partial charge in [-0.15, -0.1) is 0 Å². The molecule has 0 unspecified atom stereocenters. The molecule has 1 aromatic carbocycles. The Morgan fingerprint density at radius 2 is 2.00 bits per heavy atom. The highest BCUT2D eigenvalue weighted by molar-refractivity contribution is 5.84. The van der Waals surface area contributed by atoms with Crippen LogP contribution in [0.4, 0.5) is 0 Å². The lowest BCUT2D eigenvalue weighted by atomic mass is 10.2. The molecule has 4 nitrogen and oxygen atoms in total. The van der Waals surface area contributed by atoms with Crippen LogP contribution in [0.1, 0.15) is 11.4 Å². The molecule has 0 saturated heterocycles. The summed E-state index contributed by atoms with van der Waals surface area (Å²) in [5.74, 6) is 1.41. The summed E-state index contributed by atoms with van der Waals surface area (Å²) in [6.45, 7) is 2.39. The minimum Gasteiger partial charge on any atom is -0.453 e. The second kappa shape index (κ2) is 5.27. The van der Waals surface area contributed by atoms with E-state index in [2.05, 4.69) is 9.97 Å². The Balaban J connectivity index is 1.99. The largest absolute Gasteiger partial charge is 0.453 e. The number of para-hydroxylation sites is 1. The molecule has 4 heteroatoms. The molecular formula is C16H15N3O. The molecule has 0 bridgehead atoms. The van der Waals surface area contributed by atoms with Crippen molar-refractivity contribution in [1.82, 2.24) is 9.97 Å². The van der Waals surface area contributed by atoms with E-state index in [4.69, 9.17) is 10.5 Å². The number of rotatable bonds is 3. The summed E-state index contributed by atoms with van der Waals surface area (Å²) >= 11 is 0. The molecule has 20 heavy (non-hydrogen) atoms. The third kappa shape index (κ3) is 2.46. The van der Waals surface area contributed by atoms with E-state index in [0.717, 1.165) is 28.0 Å². The minimum atomic E-state index is 0.426. The van der Waals surface area contributed by atoms with Gasteiger partial charge in [0, 0.05) is 17.6 Å². The van der Waals surface area contributed by atoms with Crippen LogP contribution in [0.25, 0.3) is 10.9 Å². The summed E-state index contributed by atoms with van der Waals surface area (Å²) in [6, 6.07) is 13.6. The number of aryl methyl sites for hydroxylation is 1. The molecule has 2 aromatic heterocycles. The first-order valence-electron chi connectivity index (χ1n) is 6.45. The molecule has 100 valence electrons. The van der Waals surface area contributed by atoms with Gasteiger partial charge in [0.15, 0.2) is 5.75 Å². The van der Waals surface area contributed by atoms with Crippen LogP contribution in [-0.2, 0) is 6.54 Å². The molecule has 0 fully saturated rings. The number of nitrogens with zero attached hydrogens (tertiary/aromatic N) is 2. The monoisotopic (exact) mass is 265 g/mol. The smallest absolute Gasteiger partial charge is 0.153 e. The molecule has 2 heterocycles. The van der Waals surface area contributed by atoms with Gasteiger partial charge in [0.1, 0.15) is 11.3 Å². The predicted octanol–water partition coefficient (Wildman–Crippen LogP) is 3.19. The number of ether oxygens (including phenoxy) is 1. The molecule has 0 radical (unpaired) electrons. The van der Waals surface area contributed by atoms with Gasteiger partial charge < -0.3 is 10.5 Å². The zero-order chi connectivity index (χ0) is 13.9. The first-order valence-corrected chi connectivity index (χ1v) is 6.45. The highest BCUT2D eigenvalue weighted by Crippen LogP contribution is 2.28. The summed E-state index contributed by atoms with van der Waals surface area (Å²) in [4.78, 5) is 8.76. The standard InChI is InChI=1S/C16H15N3O/c1-11-5-6-12-3-2-4-15(16(12)19-11)20-14-8-7-13(9-17)18-10-14/h2-8,10H,9,17H2,1H3. The van der Waals surface area contributed by atoms with Crippen molar-refractivity contribution in [1.29, 1.82) is 0 Å². The van der Waals surface area contributed by atoms with E-state index >= 15 is 0 Å². The molecule has 0 saturated carbocycles. The maximum atomic E-state index is 5.88. The van der Waals surface area contributed by atoms with Gasteiger partial charge in [-0.3, -0.25) is 4.98 Å². The molecule has 0 spiro atoms. The van der Waals surface area contributed by atoms with Crippen molar-refractivity contribution in [3.63, 3.8) is 0 Å². The van der Waals surface area contributed by atoms with Gasteiger partial charge in [0.25, 0.3) is 0 Å². The van der Waals surface area contributed by atoms with Crippen LogP contribution in [-0.4, -0.2) is 9.97 Å². The Morgan fingerprint density at radius 3 is 2.75 bits per heavy atom. The third-order valence-electron chi connectivity index (χ3n) is 3.06. The van der Waals surface area contributed by atoms with Crippen LogP contribution in [0.2, 0.25) is 0 Å². The van der Waals surface area contributed by atoms with E-state index in [1.54, 1.807) is 6.20 Å². The SMILES string of the molecule is Cc1ccc2cccc(Oc3ccc(CN)nc3)c2n1. The van der Waals surface area contributed by atoms with Crippen molar-refractivity contribution in [2.45, 2.75) is 13.5 Å². The first kappa shape index (κ1) is 12.6. The quantitative estimate of drug-likeness (QED) is 0.790. The minimum absolute atomic E-state index is 0.426. The Labute approximate surface area is 117 Å². The number of nitrogens with two attached hydrogens (primary N) is 1. The fraction of sp³-hybridized carbons (Fsp3) is 0.125. The molecule has 0 amide bonds. The van der Waals surface area contributed by atoms with Crippen LogP contribution in [0.5, 0.6) is 11.5 Å². The lowest BCUT2D eigenvalue weighted by molar-refractivity contribution is 0.484. The molecule has 0 aliphatic heterocycles.